The summed E-state index contributed by atoms with van der Waals surface area (Å²) in [5, 5.41) is 14.6. The quantitative estimate of drug-likeness (QED) is 0.139. The smallest absolute Gasteiger partial charge is 0.273 e. The highest BCUT2D eigenvalue weighted by Gasteiger charge is 2.35. The molecule has 1 N–H and O–H groups in total. The van der Waals surface area contributed by atoms with Crippen LogP contribution in [0.2, 0.25) is 0 Å². The molecule has 1 atom stereocenters. The Bertz CT molecular complexity index is 1850. The lowest BCUT2D eigenvalue weighted by Crippen LogP contribution is -2.54. The first kappa shape index (κ1) is 35.6. The van der Waals surface area contributed by atoms with Gasteiger partial charge in [-0.2, -0.15) is 0 Å². The van der Waals surface area contributed by atoms with Gasteiger partial charge in [0, 0.05) is 30.6 Å². The highest BCUT2D eigenvalue weighted by Crippen LogP contribution is 2.30. The van der Waals surface area contributed by atoms with Gasteiger partial charge in [-0.3, -0.25) is 24.0 Å². The lowest BCUT2D eigenvalue weighted by molar-refractivity contribution is -0.385. The maximum absolute atomic E-state index is 14.5. The van der Waals surface area contributed by atoms with Crippen LogP contribution >= 0.6 is 0 Å². The average molecular weight is 677 g/mol. The third-order valence-corrected chi connectivity index (χ3v) is 9.34. The molecule has 0 unspecified atom stereocenters. The Morgan fingerprint density at radius 1 is 0.938 bits per heavy atom. The van der Waals surface area contributed by atoms with Gasteiger partial charge in [-0.25, -0.2) is 12.8 Å². The number of aryl methyl sites for hydroxylation is 1. The molecule has 0 bridgehead atoms. The number of methoxy groups -OCH3 is 1. The summed E-state index contributed by atoms with van der Waals surface area (Å²) in [5.41, 5.74) is 1.21. The summed E-state index contributed by atoms with van der Waals surface area (Å²) in [4.78, 5) is 40.1. The summed E-state index contributed by atoms with van der Waals surface area (Å²) < 4.78 is 48.4. The molecule has 0 radical (unpaired) electrons. The van der Waals surface area contributed by atoms with Crippen molar-refractivity contribution in [3.63, 3.8) is 0 Å². The van der Waals surface area contributed by atoms with Crippen LogP contribution in [0.25, 0.3) is 0 Å². The van der Waals surface area contributed by atoms with Gasteiger partial charge in [0.2, 0.25) is 11.8 Å². The minimum atomic E-state index is -4.59. The fourth-order valence-electron chi connectivity index (χ4n) is 5.07. The Morgan fingerprint density at radius 2 is 1.58 bits per heavy atom. The van der Waals surface area contributed by atoms with Crippen molar-refractivity contribution >= 4 is 33.2 Å². The summed E-state index contributed by atoms with van der Waals surface area (Å²) in [6.45, 7) is 4.14. The number of ether oxygens (including phenoxy) is 1. The molecule has 0 saturated heterocycles. The number of sulfonamides is 1. The lowest BCUT2D eigenvalue weighted by atomic mass is 10.0. The molecule has 4 rings (SSSR count). The van der Waals surface area contributed by atoms with Crippen molar-refractivity contribution in [2.75, 3.05) is 18.0 Å². The second kappa shape index (κ2) is 15.5. The number of benzene rings is 4. The molecule has 48 heavy (non-hydrogen) atoms. The van der Waals surface area contributed by atoms with Crippen molar-refractivity contribution < 1.29 is 32.1 Å². The molecule has 0 aromatic heterocycles. The Hall–Kier alpha value is -5.30. The zero-order chi connectivity index (χ0) is 35.0. The molecule has 0 fully saturated rings. The van der Waals surface area contributed by atoms with Crippen LogP contribution in [-0.2, 0) is 32.6 Å². The van der Waals surface area contributed by atoms with E-state index >= 15 is 0 Å². The molecule has 13 heteroatoms. The second-order valence-corrected chi connectivity index (χ2v) is 13.3. The van der Waals surface area contributed by atoms with E-state index in [9.17, 15) is 32.5 Å². The van der Waals surface area contributed by atoms with Crippen LogP contribution in [0.4, 0.5) is 15.8 Å². The molecule has 2 amide bonds. The van der Waals surface area contributed by atoms with Crippen molar-refractivity contribution in [3.8, 4) is 5.75 Å². The minimum absolute atomic E-state index is 0.0837. The highest BCUT2D eigenvalue weighted by molar-refractivity contribution is 7.92. The molecule has 0 aliphatic carbocycles. The molecule has 0 spiro atoms. The lowest BCUT2D eigenvalue weighted by Gasteiger charge is -2.34. The van der Waals surface area contributed by atoms with Crippen LogP contribution in [0.3, 0.4) is 0 Å². The predicted molar refractivity (Wildman–Crippen MR) is 180 cm³/mol. The van der Waals surface area contributed by atoms with Gasteiger partial charge in [0.15, 0.2) is 0 Å². The van der Waals surface area contributed by atoms with E-state index in [-0.39, 0.29) is 30.3 Å². The molecule has 11 nitrogen and oxygen atoms in total. The zero-order valence-corrected chi connectivity index (χ0v) is 27.8. The van der Waals surface area contributed by atoms with Crippen molar-refractivity contribution in [1.82, 2.24) is 10.2 Å². The molecular weight excluding hydrogens is 639 g/mol. The van der Waals surface area contributed by atoms with Crippen molar-refractivity contribution in [2.24, 2.45) is 0 Å². The van der Waals surface area contributed by atoms with Gasteiger partial charge in [0.1, 0.15) is 24.2 Å². The Balaban J connectivity index is 1.84. The number of hydrogen-bond donors (Lipinski definition) is 1. The van der Waals surface area contributed by atoms with Gasteiger partial charge in [0.05, 0.1) is 22.6 Å². The first-order valence-corrected chi connectivity index (χ1v) is 16.5. The Kier molecular flexibility index (Phi) is 11.5. The Labute approximate surface area is 279 Å². The number of nitrogens with one attached hydrogen (secondary N) is 1. The van der Waals surface area contributed by atoms with E-state index in [4.69, 9.17) is 4.74 Å². The number of anilines is 1. The summed E-state index contributed by atoms with van der Waals surface area (Å²) in [6.07, 6.45) is 0.103. The summed E-state index contributed by atoms with van der Waals surface area (Å²) in [7, 11) is -3.14. The molecule has 4 aromatic carbocycles. The summed E-state index contributed by atoms with van der Waals surface area (Å²) in [5.74, 6) is -1.25. The van der Waals surface area contributed by atoms with E-state index in [0.29, 0.717) is 11.3 Å². The minimum Gasteiger partial charge on any atom is -0.497 e. The summed E-state index contributed by atoms with van der Waals surface area (Å²) in [6, 6.07) is 22.6. The van der Waals surface area contributed by atoms with Gasteiger partial charge >= 0.3 is 0 Å². The van der Waals surface area contributed by atoms with Crippen LogP contribution in [-0.4, -0.2) is 55.8 Å². The van der Waals surface area contributed by atoms with Crippen LogP contribution in [0, 0.1) is 22.9 Å². The molecule has 0 saturated carbocycles. The van der Waals surface area contributed by atoms with Crippen molar-refractivity contribution in [1.29, 1.82) is 0 Å². The molecular formula is C35H37FN4O7S. The number of nitrogens with zero attached hydrogens (tertiary/aromatic N) is 3. The maximum Gasteiger partial charge on any atom is 0.273 e. The summed E-state index contributed by atoms with van der Waals surface area (Å²) >= 11 is 0. The second-order valence-electron chi connectivity index (χ2n) is 11.4. The largest absolute Gasteiger partial charge is 0.497 e. The number of nitro benzene ring substituents is 1. The predicted octanol–water partition coefficient (Wildman–Crippen LogP) is 5.41. The van der Waals surface area contributed by atoms with Crippen LogP contribution < -0.4 is 14.4 Å². The number of rotatable bonds is 14. The topological polar surface area (TPSA) is 139 Å². The fraction of sp³-hybridized carbons (Fsp3) is 0.257. The van der Waals surface area contributed by atoms with Crippen LogP contribution in [0.5, 0.6) is 5.75 Å². The molecule has 0 aliphatic heterocycles. The maximum atomic E-state index is 14.5. The highest BCUT2D eigenvalue weighted by atomic mass is 32.2. The van der Waals surface area contributed by atoms with Gasteiger partial charge in [-0.05, 0) is 74.4 Å². The zero-order valence-electron chi connectivity index (χ0n) is 27.0. The van der Waals surface area contributed by atoms with E-state index in [0.717, 1.165) is 15.9 Å². The standard InChI is InChI=1S/C35H37FN4O7S/c1-24(2)37-35(42)33(20-26-8-6-5-7-9-26)38(22-27-11-13-28(36)14-12-27)34(41)23-39(29-15-17-30(47-4)18-16-29)48(45,46)31-19-10-25(3)32(21-31)40(43)44/h5-19,21,24,33H,20,22-23H2,1-4H3,(H,37,42)/t33-/m1/s1. The number of halogens is 1. The average Bonchev–Trinajstić information content (AvgIpc) is 3.06. The first-order chi connectivity index (χ1) is 22.8. The van der Waals surface area contributed by atoms with Gasteiger partial charge in [-0.1, -0.05) is 48.5 Å². The van der Waals surface area contributed by atoms with E-state index in [2.05, 4.69) is 5.32 Å². The van der Waals surface area contributed by atoms with Crippen molar-refractivity contribution in [2.45, 2.75) is 50.7 Å². The number of amides is 2. The number of carbonyl (C=O) groups is 2. The van der Waals surface area contributed by atoms with Crippen LogP contribution in [0.15, 0.2) is 102 Å². The normalized spacial score (nSPS) is 11.9. The molecule has 0 heterocycles. The van der Waals surface area contributed by atoms with Gasteiger partial charge in [0.25, 0.3) is 15.7 Å². The molecule has 252 valence electrons. The molecule has 4 aromatic rings. The van der Waals surface area contributed by atoms with Crippen LogP contribution in [0.1, 0.15) is 30.5 Å². The van der Waals surface area contributed by atoms with Crippen molar-refractivity contribution in [3.05, 3.63) is 130 Å². The van der Waals surface area contributed by atoms with E-state index < -0.39 is 55.7 Å². The SMILES string of the molecule is COc1ccc(N(CC(=O)N(Cc2ccc(F)cc2)[C@H](Cc2ccccc2)C(=O)NC(C)C)S(=O)(=O)c2ccc(C)c([N+](=O)[O-])c2)cc1. The van der Waals surface area contributed by atoms with Gasteiger partial charge < -0.3 is 15.0 Å². The van der Waals surface area contributed by atoms with E-state index in [1.165, 1.54) is 79.6 Å². The van der Waals surface area contributed by atoms with E-state index in [1.807, 2.05) is 18.2 Å². The number of carbonyl (C=O) groups excluding carboxylic acids is 2. The molecule has 0 aliphatic rings. The van der Waals surface area contributed by atoms with E-state index in [1.54, 1.807) is 26.0 Å². The monoisotopic (exact) mass is 676 g/mol. The van der Waals surface area contributed by atoms with Gasteiger partial charge in [-0.15, -0.1) is 0 Å². The first-order valence-electron chi connectivity index (χ1n) is 15.1. The third kappa shape index (κ3) is 8.73. The number of nitro groups is 1. The third-order valence-electron chi connectivity index (χ3n) is 7.57. The fourth-order valence-corrected chi connectivity index (χ4v) is 6.51. The Morgan fingerprint density at radius 3 is 2.17 bits per heavy atom. The number of hydrogen-bond acceptors (Lipinski definition) is 7.